The third-order valence-electron chi connectivity index (χ3n) is 7.04. The van der Waals surface area contributed by atoms with E-state index in [1.165, 1.54) is 5.56 Å². The molecule has 4 rings (SSSR count). The van der Waals surface area contributed by atoms with Gasteiger partial charge in [0.1, 0.15) is 0 Å². The van der Waals surface area contributed by atoms with Crippen molar-refractivity contribution in [3.63, 3.8) is 0 Å². The summed E-state index contributed by atoms with van der Waals surface area (Å²) in [5, 5.41) is 9.38. The molecule has 1 aliphatic carbocycles. The van der Waals surface area contributed by atoms with Gasteiger partial charge in [-0.3, -0.25) is 9.69 Å². The lowest BCUT2D eigenvalue weighted by Crippen LogP contribution is -2.47. The highest BCUT2D eigenvalue weighted by molar-refractivity contribution is 6.07. The van der Waals surface area contributed by atoms with Crippen molar-refractivity contribution in [3.05, 3.63) is 29.8 Å². The first-order valence-corrected chi connectivity index (χ1v) is 10.1. The van der Waals surface area contributed by atoms with E-state index in [9.17, 15) is 14.7 Å². The third kappa shape index (κ3) is 2.81. The number of fused-ring (bicyclic) bond motifs is 2. The molecule has 1 saturated carbocycles. The van der Waals surface area contributed by atoms with Crippen molar-refractivity contribution < 1.29 is 14.7 Å². The molecule has 3 aliphatic rings. The summed E-state index contributed by atoms with van der Waals surface area (Å²) >= 11 is 0. The average Bonchev–Trinajstić information content (AvgIpc) is 3.23. The summed E-state index contributed by atoms with van der Waals surface area (Å²) in [6, 6.07) is 8.76. The van der Waals surface area contributed by atoms with Crippen LogP contribution in [-0.4, -0.2) is 65.7 Å². The Morgan fingerprint density at radius 3 is 2.63 bits per heavy atom. The Kier molecular flexibility index (Phi) is 4.62. The van der Waals surface area contributed by atoms with Gasteiger partial charge in [0.2, 0.25) is 5.91 Å². The van der Waals surface area contributed by atoms with Gasteiger partial charge in [0, 0.05) is 44.5 Å². The number of hydrogen-bond donors (Lipinski definition) is 1. The minimum absolute atomic E-state index is 0.100. The van der Waals surface area contributed by atoms with Crippen molar-refractivity contribution in [2.24, 2.45) is 0 Å². The highest BCUT2D eigenvalue weighted by Gasteiger charge is 2.51. The summed E-state index contributed by atoms with van der Waals surface area (Å²) < 4.78 is 0. The SMILES string of the molecule is CCN(C(=O)O)[C@H]1CCN(C2CCC3(CC2)C(=O)N(C)c2ccccc23)C1. The van der Waals surface area contributed by atoms with Gasteiger partial charge in [-0.15, -0.1) is 0 Å². The normalized spacial score (nSPS) is 30.7. The van der Waals surface area contributed by atoms with Crippen LogP contribution in [0, 0.1) is 0 Å². The van der Waals surface area contributed by atoms with E-state index in [4.69, 9.17) is 0 Å². The van der Waals surface area contributed by atoms with Crippen LogP contribution in [0.25, 0.3) is 0 Å². The predicted octanol–water partition coefficient (Wildman–Crippen LogP) is 2.92. The molecule has 0 radical (unpaired) electrons. The molecular weight excluding hydrogens is 342 g/mol. The van der Waals surface area contributed by atoms with Gasteiger partial charge >= 0.3 is 6.09 Å². The molecule has 2 heterocycles. The lowest BCUT2D eigenvalue weighted by atomic mass is 9.68. The van der Waals surface area contributed by atoms with Gasteiger partial charge in [0.25, 0.3) is 0 Å². The molecule has 146 valence electrons. The number of carbonyl (C=O) groups excluding carboxylic acids is 1. The Morgan fingerprint density at radius 2 is 1.96 bits per heavy atom. The second-order valence-corrected chi connectivity index (χ2v) is 8.20. The van der Waals surface area contributed by atoms with Gasteiger partial charge < -0.3 is 14.9 Å². The number of carboxylic acid groups (broad SMARTS) is 1. The minimum Gasteiger partial charge on any atom is -0.465 e. The summed E-state index contributed by atoms with van der Waals surface area (Å²) in [5.74, 6) is 0.240. The summed E-state index contributed by atoms with van der Waals surface area (Å²) in [6.07, 6.45) is 3.86. The predicted molar refractivity (Wildman–Crippen MR) is 104 cm³/mol. The Labute approximate surface area is 160 Å². The standard InChI is InChI=1S/C21H29N3O3/c1-3-24(20(26)27)16-10-13-23(14-16)15-8-11-21(12-9-15)17-6-4-5-7-18(17)22(2)19(21)25/h4-7,15-16H,3,8-14H2,1-2H3,(H,26,27)/t15?,16-,21?/m0/s1. The fourth-order valence-electron chi connectivity index (χ4n) is 5.56. The van der Waals surface area contributed by atoms with Crippen LogP contribution < -0.4 is 4.90 Å². The van der Waals surface area contributed by atoms with Crippen molar-refractivity contribution in [3.8, 4) is 0 Å². The van der Waals surface area contributed by atoms with Gasteiger partial charge in [-0.05, 0) is 50.7 Å². The molecular formula is C21H29N3O3. The number of para-hydroxylation sites is 1. The maximum Gasteiger partial charge on any atom is 0.407 e. The molecule has 0 unspecified atom stereocenters. The first-order chi connectivity index (χ1) is 13.0. The second-order valence-electron chi connectivity index (χ2n) is 8.20. The van der Waals surface area contributed by atoms with E-state index in [1.54, 1.807) is 4.90 Å². The van der Waals surface area contributed by atoms with Crippen molar-refractivity contribution >= 4 is 17.7 Å². The van der Waals surface area contributed by atoms with Crippen LogP contribution >= 0.6 is 0 Å². The summed E-state index contributed by atoms with van der Waals surface area (Å²) in [6.45, 7) is 4.22. The van der Waals surface area contributed by atoms with E-state index >= 15 is 0 Å². The Bertz CT molecular complexity index is 742. The van der Waals surface area contributed by atoms with Gasteiger partial charge in [-0.1, -0.05) is 18.2 Å². The first kappa shape index (κ1) is 18.3. The number of nitrogens with zero attached hydrogens (tertiary/aromatic N) is 3. The zero-order valence-corrected chi connectivity index (χ0v) is 16.2. The third-order valence-corrected chi connectivity index (χ3v) is 7.04. The van der Waals surface area contributed by atoms with Crippen LogP contribution in [0.1, 0.15) is 44.6 Å². The average molecular weight is 371 g/mol. The molecule has 0 aromatic heterocycles. The zero-order valence-electron chi connectivity index (χ0n) is 16.2. The summed E-state index contributed by atoms with van der Waals surface area (Å²) in [5.41, 5.74) is 1.90. The molecule has 27 heavy (non-hydrogen) atoms. The van der Waals surface area contributed by atoms with E-state index in [-0.39, 0.29) is 17.4 Å². The Hall–Kier alpha value is -2.08. The highest BCUT2D eigenvalue weighted by atomic mass is 16.4. The zero-order chi connectivity index (χ0) is 19.2. The second kappa shape index (κ2) is 6.82. The highest BCUT2D eigenvalue weighted by Crippen LogP contribution is 2.50. The van der Waals surface area contributed by atoms with Gasteiger partial charge in [0.05, 0.1) is 5.41 Å². The number of anilines is 1. The number of carbonyl (C=O) groups is 2. The number of likely N-dealkylation sites (N-methyl/N-ethyl adjacent to an activating group) is 2. The van der Waals surface area contributed by atoms with E-state index < -0.39 is 6.09 Å². The van der Waals surface area contributed by atoms with Crippen LogP contribution in [0.5, 0.6) is 0 Å². The number of benzene rings is 1. The van der Waals surface area contributed by atoms with E-state index in [0.717, 1.165) is 50.9 Å². The first-order valence-electron chi connectivity index (χ1n) is 10.1. The number of amides is 2. The van der Waals surface area contributed by atoms with Gasteiger partial charge in [-0.2, -0.15) is 0 Å². The number of hydrogen-bond acceptors (Lipinski definition) is 3. The van der Waals surface area contributed by atoms with Crippen LogP contribution in [0.15, 0.2) is 24.3 Å². The minimum atomic E-state index is -0.817. The topological polar surface area (TPSA) is 64.1 Å². The Morgan fingerprint density at radius 1 is 1.26 bits per heavy atom. The molecule has 1 spiro atoms. The monoisotopic (exact) mass is 371 g/mol. The van der Waals surface area contributed by atoms with E-state index in [2.05, 4.69) is 11.0 Å². The van der Waals surface area contributed by atoms with E-state index in [1.807, 2.05) is 37.1 Å². The molecule has 2 fully saturated rings. The lowest BCUT2D eigenvalue weighted by molar-refractivity contribution is -0.124. The van der Waals surface area contributed by atoms with Crippen molar-refractivity contribution in [2.75, 3.05) is 31.6 Å². The van der Waals surface area contributed by atoms with Crippen molar-refractivity contribution in [1.82, 2.24) is 9.80 Å². The van der Waals surface area contributed by atoms with Crippen LogP contribution in [-0.2, 0) is 10.2 Å². The molecule has 1 aromatic rings. The molecule has 0 bridgehead atoms. The molecule has 1 atom stereocenters. The van der Waals surface area contributed by atoms with Gasteiger partial charge in [0.15, 0.2) is 0 Å². The van der Waals surface area contributed by atoms with Crippen LogP contribution in [0.3, 0.4) is 0 Å². The smallest absolute Gasteiger partial charge is 0.407 e. The molecule has 2 aliphatic heterocycles. The fraction of sp³-hybridized carbons (Fsp3) is 0.619. The number of rotatable bonds is 3. The summed E-state index contributed by atoms with van der Waals surface area (Å²) in [4.78, 5) is 30.3. The Balaban J connectivity index is 1.45. The summed E-state index contributed by atoms with van der Waals surface area (Å²) in [7, 11) is 1.89. The molecule has 2 amide bonds. The number of likely N-dealkylation sites (tertiary alicyclic amines) is 1. The lowest BCUT2D eigenvalue weighted by Gasteiger charge is -2.40. The van der Waals surface area contributed by atoms with Crippen molar-refractivity contribution in [2.45, 2.75) is 56.5 Å². The van der Waals surface area contributed by atoms with Crippen LogP contribution in [0.4, 0.5) is 10.5 Å². The molecule has 1 N–H and O–H groups in total. The maximum atomic E-state index is 13.1. The van der Waals surface area contributed by atoms with Crippen LogP contribution in [0.2, 0.25) is 0 Å². The quantitative estimate of drug-likeness (QED) is 0.887. The fourth-order valence-corrected chi connectivity index (χ4v) is 5.56. The largest absolute Gasteiger partial charge is 0.465 e. The molecule has 6 heteroatoms. The molecule has 1 aromatic carbocycles. The molecule has 6 nitrogen and oxygen atoms in total. The molecule has 1 saturated heterocycles. The van der Waals surface area contributed by atoms with Crippen molar-refractivity contribution in [1.29, 1.82) is 0 Å². The maximum absolute atomic E-state index is 13.1. The van der Waals surface area contributed by atoms with E-state index in [0.29, 0.717) is 12.6 Å². The van der Waals surface area contributed by atoms with Gasteiger partial charge in [-0.25, -0.2) is 4.79 Å².